The first-order valence-corrected chi connectivity index (χ1v) is 11.0. The molecule has 0 bridgehead atoms. The Kier molecular flexibility index (Phi) is 6.83. The predicted octanol–water partition coefficient (Wildman–Crippen LogP) is 5.14. The summed E-state index contributed by atoms with van der Waals surface area (Å²) in [5.74, 6) is -0.0520. The Balaban J connectivity index is 1.76. The smallest absolute Gasteiger partial charge is 0.315 e. The van der Waals surface area contributed by atoms with Crippen LogP contribution in [0.3, 0.4) is 0 Å². The molecule has 0 aliphatic heterocycles. The molecule has 6 nitrogen and oxygen atoms in total. The van der Waals surface area contributed by atoms with Gasteiger partial charge in [0.25, 0.3) is 0 Å². The number of benzene rings is 2. The number of nitrogens with zero attached hydrogens (tertiary/aromatic N) is 3. The zero-order chi connectivity index (χ0) is 23.2. The van der Waals surface area contributed by atoms with Crippen molar-refractivity contribution < 1.29 is 14.3 Å². The molecule has 33 heavy (non-hydrogen) atoms. The molecule has 0 amide bonds. The lowest BCUT2D eigenvalue weighted by atomic mass is 9.98. The van der Waals surface area contributed by atoms with Crippen LogP contribution in [0.15, 0.2) is 79.0 Å². The minimum absolute atomic E-state index is 0.299. The van der Waals surface area contributed by atoms with E-state index in [9.17, 15) is 4.79 Å². The first kappa shape index (κ1) is 22.3. The Morgan fingerprint density at radius 2 is 1.79 bits per heavy atom. The second-order valence-corrected chi connectivity index (χ2v) is 7.76. The van der Waals surface area contributed by atoms with E-state index >= 15 is 0 Å². The van der Waals surface area contributed by atoms with Crippen LogP contribution in [-0.2, 0) is 16.0 Å². The van der Waals surface area contributed by atoms with Crippen molar-refractivity contribution in [1.29, 1.82) is 0 Å². The average molecular weight is 442 g/mol. The Bertz CT molecular complexity index is 1200. The number of rotatable bonds is 8. The Morgan fingerprint density at radius 3 is 2.42 bits per heavy atom. The maximum atomic E-state index is 12.8. The Hall–Kier alpha value is -3.93. The van der Waals surface area contributed by atoms with Gasteiger partial charge < -0.3 is 9.47 Å². The lowest BCUT2D eigenvalue weighted by Crippen LogP contribution is -2.19. The molecule has 0 aliphatic rings. The van der Waals surface area contributed by atoms with Crippen LogP contribution in [0.2, 0.25) is 0 Å². The molecule has 4 aromatic rings. The molecule has 2 aromatic carbocycles. The highest BCUT2D eigenvalue weighted by atomic mass is 16.5. The summed E-state index contributed by atoms with van der Waals surface area (Å²) in [5, 5.41) is 4.88. The molecule has 4 rings (SSSR count). The third-order valence-electron chi connectivity index (χ3n) is 5.45. The zero-order valence-electron chi connectivity index (χ0n) is 19.1. The predicted molar refractivity (Wildman–Crippen MR) is 128 cm³/mol. The molecule has 0 saturated heterocycles. The number of methoxy groups -OCH3 is 1. The Morgan fingerprint density at radius 1 is 1.03 bits per heavy atom. The van der Waals surface area contributed by atoms with E-state index < -0.39 is 5.92 Å². The van der Waals surface area contributed by atoms with Crippen LogP contribution in [0, 0.1) is 6.92 Å². The number of pyridine rings is 1. The van der Waals surface area contributed by atoms with Gasteiger partial charge in [0.2, 0.25) is 0 Å². The summed E-state index contributed by atoms with van der Waals surface area (Å²) in [6, 6.07) is 23.7. The summed E-state index contributed by atoms with van der Waals surface area (Å²) in [6.07, 6.45) is 2.08. The highest BCUT2D eigenvalue weighted by Crippen LogP contribution is 2.28. The van der Waals surface area contributed by atoms with E-state index in [0.29, 0.717) is 18.7 Å². The van der Waals surface area contributed by atoms with Gasteiger partial charge in [-0.15, -0.1) is 0 Å². The first-order valence-electron chi connectivity index (χ1n) is 11.0. The maximum Gasteiger partial charge on any atom is 0.315 e. The lowest BCUT2D eigenvalue weighted by Gasteiger charge is -2.13. The van der Waals surface area contributed by atoms with Crippen molar-refractivity contribution in [3.8, 4) is 22.7 Å². The molecule has 0 spiro atoms. The number of carbonyl (C=O) groups is 1. The molecule has 0 saturated carbocycles. The minimum Gasteiger partial charge on any atom is -0.497 e. The summed E-state index contributed by atoms with van der Waals surface area (Å²) >= 11 is 0. The Labute approximate surface area is 193 Å². The van der Waals surface area contributed by atoms with Crippen molar-refractivity contribution in [3.63, 3.8) is 0 Å². The summed E-state index contributed by atoms with van der Waals surface area (Å²) in [6.45, 7) is 4.19. The van der Waals surface area contributed by atoms with Crippen molar-refractivity contribution in [2.45, 2.75) is 26.2 Å². The van der Waals surface area contributed by atoms with E-state index in [1.807, 2.05) is 53.2 Å². The molecule has 168 valence electrons. The monoisotopic (exact) mass is 441 g/mol. The molecule has 2 heterocycles. The van der Waals surface area contributed by atoms with Crippen LogP contribution >= 0.6 is 0 Å². The van der Waals surface area contributed by atoms with E-state index in [1.54, 1.807) is 20.2 Å². The molecule has 0 N–H and O–H groups in total. The van der Waals surface area contributed by atoms with Gasteiger partial charge in [-0.2, -0.15) is 5.10 Å². The van der Waals surface area contributed by atoms with Gasteiger partial charge in [-0.25, -0.2) is 4.68 Å². The number of hydrogen-bond donors (Lipinski definition) is 0. The van der Waals surface area contributed by atoms with E-state index in [4.69, 9.17) is 14.6 Å². The number of hydrogen-bond acceptors (Lipinski definition) is 5. The zero-order valence-corrected chi connectivity index (χ0v) is 19.1. The molecule has 0 radical (unpaired) electrons. The highest BCUT2D eigenvalue weighted by Gasteiger charge is 2.26. The van der Waals surface area contributed by atoms with Gasteiger partial charge in [0.05, 0.1) is 36.5 Å². The van der Waals surface area contributed by atoms with Crippen molar-refractivity contribution in [1.82, 2.24) is 14.8 Å². The van der Waals surface area contributed by atoms with Crippen LogP contribution in [0.4, 0.5) is 0 Å². The second-order valence-electron chi connectivity index (χ2n) is 7.76. The van der Waals surface area contributed by atoms with E-state index in [1.165, 1.54) is 5.56 Å². The normalized spacial score (nSPS) is 11.7. The van der Waals surface area contributed by atoms with Gasteiger partial charge in [0.1, 0.15) is 11.7 Å². The fourth-order valence-electron chi connectivity index (χ4n) is 3.72. The fraction of sp³-hybridized carbons (Fsp3) is 0.222. The van der Waals surface area contributed by atoms with Crippen LogP contribution in [0.5, 0.6) is 5.75 Å². The largest absolute Gasteiger partial charge is 0.497 e. The third-order valence-corrected chi connectivity index (χ3v) is 5.45. The molecule has 2 aromatic heterocycles. The molecule has 0 aliphatic carbocycles. The van der Waals surface area contributed by atoms with Gasteiger partial charge in [-0.05, 0) is 56.3 Å². The molecular formula is C27H27N3O3. The van der Waals surface area contributed by atoms with Crippen LogP contribution < -0.4 is 4.74 Å². The highest BCUT2D eigenvalue weighted by molar-refractivity contribution is 5.78. The second kappa shape index (κ2) is 10.1. The number of carbonyl (C=O) groups excluding carboxylic acids is 1. The van der Waals surface area contributed by atoms with E-state index in [2.05, 4.69) is 36.2 Å². The van der Waals surface area contributed by atoms with Gasteiger partial charge in [0, 0.05) is 18.2 Å². The SMILES string of the molecule is CCOC(=O)C(Cc1cc(-c2ccc(C)cc2)n(-c2ccc(OC)cc2)n1)c1ccccn1. The van der Waals surface area contributed by atoms with Crippen molar-refractivity contribution in [3.05, 3.63) is 95.9 Å². The van der Waals surface area contributed by atoms with E-state index in [-0.39, 0.29) is 5.97 Å². The minimum atomic E-state index is -0.531. The first-order chi connectivity index (χ1) is 16.1. The average Bonchev–Trinajstić information content (AvgIpc) is 3.27. The topological polar surface area (TPSA) is 66.2 Å². The fourth-order valence-corrected chi connectivity index (χ4v) is 3.72. The van der Waals surface area contributed by atoms with Crippen LogP contribution in [0.25, 0.3) is 16.9 Å². The lowest BCUT2D eigenvalue weighted by molar-refractivity contribution is -0.145. The molecular weight excluding hydrogens is 414 g/mol. The van der Waals surface area contributed by atoms with Crippen molar-refractivity contribution in [2.75, 3.05) is 13.7 Å². The quantitative estimate of drug-likeness (QED) is 0.354. The molecule has 0 fully saturated rings. The molecule has 6 heteroatoms. The van der Waals surface area contributed by atoms with Crippen molar-refractivity contribution in [2.24, 2.45) is 0 Å². The van der Waals surface area contributed by atoms with Crippen LogP contribution in [0.1, 0.15) is 29.8 Å². The van der Waals surface area contributed by atoms with Crippen LogP contribution in [-0.4, -0.2) is 34.5 Å². The number of aromatic nitrogens is 3. The van der Waals surface area contributed by atoms with Gasteiger partial charge in [-0.3, -0.25) is 9.78 Å². The maximum absolute atomic E-state index is 12.8. The number of ether oxygens (including phenoxy) is 2. The summed E-state index contributed by atoms with van der Waals surface area (Å²) in [5.41, 5.74) is 5.53. The summed E-state index contributed by atoms with van der Waals surface area (Å²) < 4.78 is 12.6. The summed E-state index contributed by atoms with van der Waals surface area (Å²) in [4.78, 5) is 17.2. The van der Waals surface area contributed by atoms with Crippen molar-refractivity contribution >= 4 is 5.97 Å². The number of aryl methyl sites for hydroxylation is 1. The molecule has 1 atom stereocenters. The van der Waals surface area contributed by atoms with Gasteiger partial charge in [-0.1, -0.05) is 35.9 Å². The third kappa shape index (κ3) is 5.12. The summed E-state index contributed by atoms with van der Waals surface area (Å²) in [7, 11) is 1.64. The molecule has 1 unspecified atom stereocenters. The van der Waals surface area contributed by atoms with E-state index in [0.717, 1.165) is 28.4 Å². The van der Waals surface area contributed by atoms with Gasteiger partial charge >= 0.3 is 5.97 Å². The number of esters is 1. The van der Waals surface area contributed by atoms with Gasteiger partial charge in [0.15, 0.2) is 0 Å². The standard InChI is InChI=1S/C27H27N3O3/c1-4-33-27(31)24(25-7-5-6-16-28-25)17-21-18-26(20-10-8-19(2)9-11-20)30(29-21)22-12-14-23(32-3)15-13-22/h5-16,18,24H,4,17H2,1-3H3.